The SMILES string of the molecule is CC1(C)O[C@@H]([C@@H](O)[C@H]2CCC(=O)N2)[C@H](COS(C)(=O)=O)O1. The van der Waals surface area contributed by atoms with Crippen LogP contribution in [0.5, 0.6) is 0 Å². The number of ether oxygens (including phenoxy) is 2. The lowest BCUT2D eigenvalue weighted by Crippen LogP contribution is -2.48. The number of rotatable bonds is 5. The second-order valence-electron chi connectivity index (χ2n) is 5.83. The molecule has 2 heterocycles. The van der Waals surface area contributed by atoms with E-state index in [-0.39, 0.29) is 12.5 Å². The molecule has 4 atom stereocenters. The van der Waals surface area contributed by atoms with Crippen LogP contribution in [0, 0.1) is 0 Å². The molecule has 122 valence electrons. The van der Waals surface area contributed by atoms with E-state index in [1.807, 2.05) is 0 Å². The van der Waals surface area contributed by atoms with Crippen LogP contribution in [0.25, 0.3) is 0 Å². The number of hydrogen-bond donors (Lipinski definition) is 2. The molecule has 9 heteroatoms. The first kappa shape index (κ1) is 16.6. The summed E-state index contributed by atoms with van der Waals surface area (Å²) < 4.78 is 38.1. The van der Waals surface area contributed by atoms with E-state index in [0.29, 0.717) is 12.8 Å². The van der Waals surface area contributed by atoms with Crippen molar-refractivity contribution in [3.05, 3.63) is 0 Å². The summed E-state index contributed by atoms with van der Waals surface area (Å²) in [4.78, 5) is 11.2. The number of amides is 1. The van der Waals surface area contributed by atoms with Gasteiger partial charge in [-0.05, 0) is 20.3 Å². The first-order valence-electron chi connectivity index (χ1n) is 6.75. The molecule has 2 aliphatic rings. The smallest absolute Gasteiger partial charge is 0.264 e. The van der Waals surface area contributed by atoms with Crippen molar-refractivity contribution in [2.75, 3.05) is 12.9 Å². The summed E-state index contributed by atoms with van der Waals surface area (Å²) >= 11 is 0. The second-order valence-corrected chi connectivity index (χ2v) is 7.47. The number of carbonyl (C=O) groups excluding carboxylic acids is 1. The number of aliphatic hydroxyl groups excluding tert-OH is 1. The van der Waals surface area contributed by atoms with Crippen LogP contribution in [0.3, 0.4) is 0 Å². The molecule has 0 spiro atoms. The van der Waals surface area contributed by atoms with Crippen molar-refractivity contribution in [2.24, 2.45) is 0 Å². The van der Waals surface area contributed by atoms with Gasteiger partial charge < -0.3 is 19.9 Å². The summed E-state index contributed by atoms with van der Waals surface area (Å²) in [6, 6.07) is -0.430. The topological polar surface area (TPSA) is 111 Å². The zero-order valence-corrected chi connectivity index (χ0v) is 13.1. The zero-order valence-electron chi connectivity index (χ0n) is 12.2. The van der Waals surface area contributed by atoms with Gasteiger partial charge in [-0.2, -0.15) is 8.42 Å². The lowest BCUT2D eigenvalue weighted by atomic mass is 10.0. The van der Waals surface area contributed by atoms with Crippen molar-refractivity contribution >= 4 is 16.0 Å². The van der Waals surface area contributed by atoms with Crippen LogP contribution < -0.4 is 5.32 Å². The minimum atomic E-state index is -3.61. The number of nitrogens with one attached hydrogen (secondary N) is 1. The predicted molar refractivity (Wildman–Crippen MR) is 71.8 cm³/mol. The molecular weight excluding hydrogens is 302 g/mol. The van der Waals surface area contributed by atoms with Crippen molar-refractivity contribution in [3.63, 3.8) is 0 Å². The van der Waals surface area contributed by atoms with Gasteiger partial charge in [-0.1, -0.05) is 0 Å². The van der Waals surface area contributed by atoms with Gasteiger partial charge in [0.05, 0.1) is 18.9 Å². The quantitative estimate of drug-likeness (QED) is 0.632. The molecule has 0 bridgehead atoms. The van der Waals surface area contributed by atoms with Crippen LogP contribution in [0.1, 0.15) is 26.7 Å². The Hall–Kier alpha value is -0.740. The molecule has 0 aromatic rings. The highest BCUT2D eigenvalue weighted by Crippen LogP contribution is 2.32. The van der Waals surface area contributed by atoms with E-state index in [1.165, 1.54) is 0 Å². The Morgan fingerprint density at radius 1 is 1.48 bits per heavy atom. The molecule has 1 amide bonds. The van der Waals surface area contributed by atoms with Crippen LogP contribution in [-0.4, -0.2) is 62.4 Å². The van der Waals surface area contributed by atoms with Crippen molar-refractivity contribution in [1.82, 2.24) is 5.32 Å². The standard InChI is InChI=1S/C12H21NO7S/c1-12(2)19-8(6-18-21(3,16)17)11(20-12)10(15)7-4-5-9(14)13-7/h7-8,10-11,15H,4-6H2,1-3H3,(H,13,14)/t7-,8+,10+,11-/m1/s1. The van der Waals surface area contributed by atoms with E-state index < -0.39 is 40.3 Å². The number of hydrogen-bond acceptors (Lipinski definition) is 7. The van der Waals surface area contributed by atoms with Crippen LogP contribution in [-0.2, 0) is 28.6 Å². The van der Waals surface area contributed by atoms with E-state index in [4.69, 9.17) is 13.7 Å². The molecule has 0 aliphatic carbocycles. The number of aliphatic hydroxyl groups is 1. The third kappa shape index (κ3) is 4.36. The van der Waals surface area contributed by atoms with Gasteiger partial charge in [0, 0.05) is 6.42 Å². The van der Waals surface area contributed by atoms with Gasteiger partial charge in [0.15, 0.2) is 5.79 Å². The fraction of sp³-hybridized carbons (Fsp3) is 0.917. The summed E-state index contributed by atoms with van der Waals surface area (Å²) in [6.07, 6.45) is -0.710. The normalized spacial score (nSPS) is 33.9. The lowest BCUT2D eigenvalue weighted by Gasteiger charge is -2.26. The molecule has 2 rings (SSSR count). The average molecular weight is 323 g/mol. The van der Waals surface area contributed by atoms with E-state index >= 15 is 0 Å². The minimum absolute atomic E-state index is 0.124. The van der Waals surface area contributed by atoms with Gasteiger partial charge >= 0.3 is 0 Å². The summed E-state index contributed by atoms with van der Waals surface area (Å²) in [7, 11) is -3.61. The minimum Gasteiger partial charge on any atom is -0.388 e. The molecule has 2 aliphatic heterocycles. The zero-order chi connectivity index (χ0) is 15.8. The highest BCUT2D eigenvalue weighted by molar-refractivity contribution is 7.85. The van der Waals surface area contributed by atoms with Gasteiger partial charge in [-0.15, -0.1) is 0 Å². The Balaban J connectivity index is 2.05. The van der Waals surface area contributed by atoms with Crippen molar-refractivity contribution in [1.29, 1.82) is 0 Å². The van der Waals surface area contributed by atoms with Crippen molar-refractivity contribution in [2.45, 2.75) is 56.8 Å². The van der Waals surface area contributed by atoms with Crippen LogP contribution in [0.2, 0.25) is 0 Å². The van der Waals surface area contributed by atoms with Crippen LogP contribution in [0.15, 0.2) is 0 Å². The van der Waals surface area contributed by atoms with E-state index in [2.05, 4.69) is 5.32 Å². The lowest BCUT2D eigenvalue weighted by molar-refractivity contribution is -0.157. The highest BCUT2D eigenvalue weighted by atomic mass is 32.2. The fourth-order valence-electron chi connectivity index (χ4n) is 2.59. The molecule has 2 fully saturated rings. The predicted octanol–water partition coefficient (Wildman–Crippen LogP) is -0.878. The molecular formula is C12H21NO7S. The summed E-state index contributed by atoms with van der Waals surface area (Å²) in [6.45, 7) is 3.09. The molecule has 0 aromatic heterocycles. The van der Waals surface area contributed by atoms with Crippen LogP contribution >= 0.6 is 0 Å². The molecule has 0 aromatic carbocycles. The third-order valence-corrected chi connectivity index (χ3v) is 4.01. The highest BCUT2D eigenvalue weighted by Gasteiger charge is 2.48. The Morgan fingerprint density at radius 2 is 2.14 bits per heavy atom. The Kier molecular flexibility index (Phi) is 4.60. The monoisotopic (exact) mass is 323 g/mol. The largest absolute Gasteiger partial charge is 0.388 e. The Morgan fingerprint density at radius 3 is 2.67 bits per heavy atom. The second kappa shape index (κ2) is 5.81. The van der Waals surface area contributed by atoms with Crippen molar-refractivity contribution < 1.29 is 32.0 Å². The molecule has 2 saturated heterocycles. The maximum atomic E-state index is 11.2. The Labute approximate surface area is 123 Å². The Bertz CT molecular complexity index is 504. The maximum absolute atomic E-state index is 11.2. The van der Waals surface area contributed by atoms with E-state index in [1.54, 1.807) is 13.8 Å². The van der Waals surface area contributed by atoms with Gasteiger partial charge in [0.25, 0.3) is 10.1 Å². The van der Waals surface area contributed by atoms with E-state index in [0.717, 1.165) is 6.26 Å². The average Bonchev–Trinajstić information content (AvgIpc) is 2.88. The summed E-state index contributed by atoms with van der Waals surface area (Å²) in [5.41, 5.74) is 0. The van der Waals surface area contributed by atoms with Gasteiger partial charge in [0.2, 0.25) is 5.91 Å². The first-order chi connectivity index (χ1) is 9.57. The third-order valence-electron chi connectivity index (χ3n) is 3.45. The summed E-state index contributed by atoms with van der Waals surface area (Å²) in [5.74, 6) is -1.08. The molecule has 8 nitrogen and oxygen atoms in total. The first-order valence-corrected chi connectivity index (χ1v) is 8.56. The molecule has 21 heavy (non-hydrogen) atoms. The van der Waals surface area contributed by atoms with Crippen LogP contribution in [0.4, 0.5) is 0 Å². The molecule has 0 unspecified atom stereocenters. The summed E-state index contributed by atoms with van der Waals surface area (Å²) in [5, 5.41) is 13.0. The molecule has 0 radical (unpaired) electrons. The van der Waals surface area contributed by atoms with Crippen molar-refractivity contribution in [3.8, 4) is 0 Å². The molecule has 2 N–H and O–H groups in total. The number of carbonyl (C=O) groups is 1. The fourth-order valence-corrected chi connectivity index (χ4v) is 2.98. The van der Waals surface area contributed by atoms with Gasteiger partial charge in [-0.25, -0.2) is 0 Å². The maximum Gasteiger partial charge on any atom is 0.264 e. The van der Waals surface area contributed by atoms with Gasteiger partial charge in [0.1, 0.15) is 18.3 Å². The van der Waals surface area contributed by atoms with Gasteiger partial charge in [-0.3, -0.25) is 8.98 Å². The molecule has 0 saturated carbocycles. The van der Waals surface area contributed by atoms with E-state index in [9.17, 15) is 18.3 Å².